The van der Waals surface area contributed by atoms with Crippen molar-refractivity contribution >= 4 is 22.8 Å². The number of hydrogen-bond donors (Lipinski definition) is 1. The molecule has 0 bridgehead atoms. The molecule has 1 aliphatic heterocycles. The molecule has 0 amide bonds. The Kier molecular flexibility index (Phi) is 2.70. The summed E-state index contributed by atoms with van der Waals surface area (Å²) in [5.74, 6) is 0. The SMILES string of the molecule is OC[C@@H]1CCC(n2cnc3c(Cl)ncnc32)O1. The maximum atomic E-state index is 9.04. The fraction of sp³-hybridized carbons (Fsp3) is 0.500. The van der Waals surface area contributed by atoms with Crippen molar-refractivity contribution in [2.24, 2.45) is 0 Å². The summed E-state index contributed by atoms with van der Waals surface area (Å²) in [6, 6.07) is 0. The van der Waals surface area contributed by atoms with Crippen LogP contribution >= 0.6 is 11.6 Å². The zero-order valence-corrected chi connectivity index (χ0v) is 9.71. The van der Waals surface area contributed by atoms with E-state index in [1.807, 2.05) is 4.57 Å². The summed E-state index contributed by atoms with van der Waals surface area (Å²) in [6.07, 6.45) is 4.48. The third-order valence-corrected chi connectivity index (χ3v) is 3.19. The molecule has 3 heterocycles. The Bertz CT molecular complexity index is 544. The fourth-order valence-corrected chi connectivity index (χ4v) is 2.24. The fourth-order valence-electron chi connectivity index (χ4n) is 2.06. The lowest BCUT2D eigenvalue weighted by Crippen LogP contribution is -2.14. The van der Waals surface area contributed by atoms with Gasteiger partial charge in [0.1, 0.15) is 18.1 Å². The maximum absolute atomic E-state index is 9.04. The standard InChI is InChI=1S/C10H11ClN4O2/c11-9-8-10(13-4-12-9)15(5-14-8)7-2-1-6(3-16)17-7/h4-7,16H,1-3H2/t6-,7?/m0/s1. The number of aliphatic hydroxyl groups is 1. The minimum atomic E-state index is -0.136. The first kappa shape index (κ1) is 10.9. The molecule has 3 rings (SSSR count). The van der Waals surface area contributed by atoms with Gasteiger partial charge in [-0.2, -0.15) is 0 Å². The highest BCUT2D eigenvalue weighted by atomic mass is 35.5. The summed E-state index contributed by atoms with van der Waals surface area (Å²) in [5, 5.41) is 9.38. The van der Waals surface area contributed by atoms with Crippen molar-refractivity contribution < 1.29 is 9.84 Å². The molecule has 0 aliphatic carbocycles. The van der Waals surface area contributed by atoms with E-state index < -0.39 is 0 Å². The zero-order chi connectivity index (χ0) is 11.8. The topological polar surface area (TPSA) is 73.1 Å². The number of imidazole rings is 1. The van der Waals surface area contributed by atoms with Crippen molar-refractivity contribution in [3.8, 4) is 0 Å². The van der Waals surface area contributed by atoms with E-state index >= 15 is 0 Å². The Hall–Kier alpha value is -1.24. The number of fused-ring (bicyclic) bond motifs is 1. The van der Waals surface area contributed by atoms with Crippen LogP contribution in [0.1, 0.15) is 19.1 Å². The van der Waals surface area contributed by atoms with Crippen LogP contribution in [-0.2, 0) is 4.74 Å². The monoisotopic (exact) mass is 254 g/mol. The first-order valence-electron chi connectivity index (χ1n) is 5.39. The molecule has 1 saturated heterocycles. The van der Waals surface area contributed by atoms with Gasteiger partial charge in [0.25, 0.3) is 0 Å². The molecule has 1 aliphatic rings. The molecule has 1 N–H and O–H groups in total. The third kappa shape index (κ3) is 1.78. The van der Waals surface area contributed by atoms with Crippen LogP contribution in [0.15, 0.2) is 12.7 Å². The van der Waals surface area contributed by atoms with E-state index in [4.69, 9.17) is 21.4 Å². The molecule has 17 heavy (non-hydrogen) atoms. The average molecular weight is 255 g/mol. The van der Waals surface area contributed by atoms with E-state index in [0.29, 0.717) is 16.3 Å². The van der Waals surface area contributed by atoms with Crippen molar-refractivity contribution in [2.45, 2.75) is 25.2 Å². The molecule has 7 heteroatoms. The largest absolute Gasteiger partial charge is 0.394 e. The van der Waals surface area contributed by atoms with E-state index in [1.165, 1.54) is 6.33 Å². The zero-order valence-electron chi connectivity index (χ0n) is 8.95. The molecular weight excluding hydrogens is 244 g/mol. The Labute approximate surface area is 102 Å². The minimum Gasteiger partial charge on any atom is -0.394 e. The molecule has 0 aromatic carbocycles. The van der Waals surface area contributed by atoms with Crippen molar-refractivity contribution in [2.75, 3.05) is 6.61 Å². The first-order valence-corrected chi connectivity index (χ1v) is 5.76. The van der Waals surface area contributed by atoms with E-state index in [1.54, 1.807) is 6.33 Å². The van der Waals surface area contributed by atoms with Crippen LogP contribution in [0.25, 0.3) is 11.2 Å². The summed E-state index contributed by atoms with van der Waals surface area (Å²) >= 11 is 5.93. The summed E-state index contributed by atoms with van der Waals surface area (Å²) in [4.78, 5) is 12.2. The van der Waals surface area contributed by atoms with Crippen LogP contribution in [0.4, 0.5) is 0 Å². The molecule has 2 aromatic rings. The predicted octanol–water partition coefficient (Wildman–Crippen LogP) is 1.15. The minimum absolute atomic E-state index is 0.0405. The van der Waals surface area contributed by atoms with Gasteiger partial charge in [0, 0.05) is 0 Å². The number of halogens is 1. The lowest BCUT2D eigenvalue weighted by molar-refractivity contribution is -0.0207. The van der Waals surface area contributed by atoms with Crippen LogP contribution in [0.3, 0.4) is 0 Å². The highest BCUT2D eigenvalue weighted by Gasteiger charge is 2.27. The number of hydrogen-bond acceptors (Lipinski definition) is 5. The van der Waals surface area contributed by atoms with Gasteiger partial charge in [0.05, 0.1) is 19.0 Å². The average Bonchev–Trinajstić information content (AvgIpc) is 2.94. The lowest BCUT2D eigenvalue weighted by atomic mass is 10.2. The van der Waals surface area contributed by atoms with Crippen LogP contribution in [0.2, 0.25) is 5.15 Å². The van der Waals surface area contributed by atoms with E-state index in [0.717, 1.165) is 12.8 Å². The Morgan fingerprint density at radius 1 is 1.41 bits per heavy atom. The highest BCUT2D eigenvalue weighted by Crippen LogP contribution is 2.30. The lowest BCUT2D eigenvalue weighted by Gasteiger charge is -2.13. The van der Waals surface area contributed by atoms with Crippen LogP contribution in [0, 0.1) is 0 Å². The number of rotatable bonds is 2. The smallest absolute Gasteiger partial charge is 0.166 e. The Balaban J connectivity index is 1.99. The summed E-state index contributed by atoms with van der Waals surface area (Å²) in [6.45, 7) is 0.0405. The molecule has 6 nitrogen and oxygen atoms in total. The van der Waals surface area contributed by atoms with Gasteiger partial charge in [-0.3, -0.25) is 4.57 Å². The molecule has 2 aromatic heterocycles. The van der Waals surface area contributed by atoms with Gasteiger partial charge in [-0.15, -0.1) is 0 Å². The molecule has 90 valence electrons. The summed E-state index contributed by atoms with van der Waals surface area (Å²) in [5.41, 5.74) is 1.24. The van der Waals surface area contributed by atoms with E-state index in [9.17, 15) is 0 Å². The molecular formula is C10H11ClN4O2. The first-order chi connectivity index (χ1) is 8.29. The van der Waals surface area contributed by atoms with Gasteiger partial charge in [-0.25, -0.2) is 15.0 Å². The van der Waals surface area contributed by atoms with Crippen molar-refractivity contribution in [3.05, 3.63) is 17.8 Å². The van der Waals surface area contributed by atoms with Crippen molar-refractivity contribution in [3.63, 3.8) is 0 Å². The third-order valence-electron chi connectivity index (χ3n) is 2.91. The molecule has 0 radical (unpaired) electrons. The second kappa shape index (κ2) is 4.21. The Morgan fingerprint density at radius 2 is 2.29 bits per heavy atom. The quantitative estimate of drug-likeness (QED) is 0.814. The van der Waals surface area contributed by atoms with Crippen LogP contribution in [0.5, 0.6) is 0 Å². The summed E-state index contributed by atoms with van der Waals surface area (Å²) in [7, 11) is 0. The van der Waals surface area contributed by atoms with Crippen molar-refractivity contribution in [1.82, 2.24) is 19.5 Å². The van der Waals surface area contributed by atoms with Gasteiger partial charge < -0.3 is 9.84 Å². The van der Waals surface area contributed by atoms with Gasteiger partial charge >= 0.3 is 0 Å². The van der Waals surface area contributed by atoms with E-state index in [-0.39, 0.29) is 18.9 Å². The number of ether oxygens (including phenoxy) is 1. The van der Waals surface area contributed by atoms with Gasteiger partial charge in [-0.05, 0) is 12.8 Å². The molecule has 2 atom stereocenters. The van der Waals surface area contributed by atoms with Crippen molar-refractivity contribution in [1.29, 1.82) is 0 Å². The van der Waals surface area contributed by atoms with Gasteiger partial charge in [0.2, 0.25) is 0 Å². The van der Waals surface area contributed by atoms with Gasteiger partial charge in [-0.1, -0.05) is 11.6 Å². The predicted molar refractivity (Wildman–Crippen MR) is 60.6 cm³/mol. The molecule has 1 fully saturated rings. The van der Waals surface area contributed by atoms with E-state index in [2.05, 4.69) is 15.0 Å². The highest BCUT2D eigenvalue weighted by molar-refractivity contribution is 6.33. The molecule has 0 spiro atoms. The maximum Gasteiger partial charge on any atom is 0.166 e. The summed E-state index contributed by atoms with van der Waals surface area (Å²) < 4.78 is 7.50. The second-order valence-corrected chi connectivity index (χ2v) is 4.32. The molecule has 1 unspecified atom stereocenters. The number of nitrogens with zero attached hydrogens (tertiary/aromatic N) is 4. The second-order valence-electron chi connectivity index (χ2n) is 3.96. The van der Waals surface area contributed by atoms with Crippen LogP contribution in [-0.4, -0.2) is 37.3 Å². The van der Waals surface area contributed by atoms with Gasteiger partial charge in [0.15, 0.2) is 10.8 Å². The number of aromatic nitrogens is 4. The number of aliphatic hydroxyl groups excluding tert-OH is 1. The Morgan fingerprint density at radius 3 is 3.06 bits per heavy atom. The normalized spacial score (nSPS) is 24.6. The molecule has 0 saturated carbocycles. The van der Waals surface area contributed by atoms with Crippen LogP contribution < -0.4 is 0 Å².